The minimum Gasteiger partial charge on any atom is -0.379 e. The fourth-order valence-corrected chi connectivity index (χ4v) is 2.00. The van der Waals surface area contributed by atoms with Crippen LogP contribution in [0.2, 0.25) is 0 Å². The molecule has 0 aliphatic carbocycles. The van der Waals surface area contributed by atoms with Crippen molar-refractivity contribution in [2.75, 3.05) is 19.8 Å². The fraction of sp³-hybridized carbons (Fsp3) is 0.583. The Morgan fingerprint density at radius 2 is 2.35 bits per heavy atom. The number of carbonyl (C=O) groups is 1. The van der Waals surface area contributed by atoms with Gasteiger partial charge in [-0.25, -0.2) is 0 Å². The predicted octanol–water partition coefficient (Wildman–Crippen LogP) is 1.54. The third kappa shape index (κ3) is 5.30. The van der Waals surface area contributed by atoms with Gasteiger partial charge < -0.3 is 15.8 Å². The summed E-state index contributed by atoms with van der Waals surface area (Å²) in [6.07, 6.45) is 0. The number of nitrogens with two attached hydrogens (primary N) is 1. The Balaban J connectivity index is 2.17. The van der Waals surface area contributed by atoms with Crippen molar-refractivity contribution in [1.82, 2.24) is 5.32 Å². The molecule has 1 heterocycles. The van der Waals surface area contributed by atoms with Crippen LogP contribution < -0.4 is 11.1 Å². The summed E-state index contributed by atoms with van der Waals surface area (Å²) in [7, 11) is 0. The van der Waals surface area contributed by atoms with Gasteiger partial charge in [0.1, 0.15) is 6.04 Å². The van der Waals surface area contributed by atoms with Crippen molar-refractivity contribution in [1.29, 1.82) is 0 Å². The van der Waals surface area contributed by atoms with Crippen molar-refractivity contribution in [2.45, 2.75) is 19.9 Å². The zero-order valence-electron chi connectivity index (χ0n) is 10.3. The van der Waals surface area contributed by atoms with Gasteiger partial charge in [-0.1, -0.05) is 19.9 Å². The Bertz CT molecular complexity index is 325. The van der Waals surface area contributed by atoms with Crippen LogP contribution in [-0.4, -0.2) is 25.7 Å². The van der Waals surface area contributed by atoms with E-state index in [0.717, 1.165) is 4.88 Å². The number of carbonyl (C=O) groups excluding carboxylic acids is 1. The minimum atomic E-state index is -0.569. The van der Waals surface area contributed by atoms with Crippen molar-refractivity contribution in [3.63, 3.8) is 0 Å². The van der Waals surface area contributed by atoms with Gasteiger partial charge in [0, 0.05) is 18.0 Å². The molecule has 1 aromatic rings. The van der Waals surface area contributed by atoms with E-state index in [4.69, 9.17) is 10.5 Å². The Labute approximate surface area is 106 Å². The van der Waals surface area contributed by atoms with E-state index in [-0.39, 0.29) is 5.91 Å². The molecule has 0 aromatic carbocycles. The largest absolute Gasteiger partial charge is 0.379 e. The van der Waals surface area contributed by atoms with E-state index in [1.165, 1.54) is 11.3 Å². The standard InChI is InChI=1S/C12H20N2O2S/c1-9(2)8-16-6-5-14-12(15)11(13)10-4-3-7-17-10/h3-4,7,9,11H,5-6,8,13H2,1-2H3,(H,14,15). The zero-order valence-corrected chi connectivity index (χ0v) is 11.1. The van der Waals surface area contributed by atoms with Crippen molar-refractivity contribution in [3.8, 4) is 0 Å². The molecule has 3 N–H and O–H groups in total. The lowest BCUT2D eigenvalue weighted by molar-refractivity contribution is -0.122. The molecule has 96 valence electrons. The number of hydrogen-bond donors (Lipinski definition) is 2. The smallest absolute Gasteiger partial charge is 0.242 e. The van der Waals surface area contributed by atoms with Gasteiger partial charge in [-0.2, -0.15) is 0 Å². The summed E-state index contributed by atoms with van der Waals surface area (Å²) >= 11 is 1.49. The van der Waals surface area contributed by atoms with E-state index in [0.29, 0.717) is 25.7 Å². The SMILES string of the molecule is CC(C)COCCNC(=O)C(N)c1cccs1. The molecule has 0 saturated carbocycles. The van der Waals surface area contributed by atoms with Crippen molar-refractivity contribution >= 4 is 17.2 Å². The van der Waals surface area contributed by atoms with Crippen LogP contribution in [0.5, 0.6) is 0 Å². The van der Waals surface area contributed by atoms with Crippen LogP contribution in [0.3, 0.4) is 0 Å². The molecule has 1 amide bonds. The predicted molar refractivity (Wildman–Crippen MR) is 69.9 cm³/mol. The lowest BCUT2D eigenvalue weighted by Crippen LogP contribution is -2.35. The first-order chi connectivity index (χ1) is 8.11. The third-order valence-electron chi connectivity index (χ3n) is 2.13. The number of ether oxygens (including phenoxy) is 1. The molecular formula is C12H20N2O2S. The molecule has 0 radical (unpaired) electrons. The maximum atomic E-state index is 11.7. The summed E-state index contributed by atoms with van der Waals surface area (Å²) in [5.41, 5.74) is 5.80. The number of amides is 1. The van der Waals surface area contributed by atoms with Crippen LogP contribution in [0.15, 0.2) is 17.5 Å². The molecule has 0 fully saturated rings. The highest BCUT2D eigenvalue weighted by molar-refractivity contribution is 7.10. The Hall–Kier alpha value is -0.910. The van der Waals surface area contributed by atoms with E-state index in [2.05, 4.69) is 19.2 Å². The Morgan fingerprint density at radius 3 is 2.94 bits per heavy atom. The van der Waals surface area contributed by atoms with E-state index in [9.17, 15) is 4.79 Å². The van der Waals surface area contributed by atoms with Gasteiger partial charge in [0.2, 0.25) is 5.91 Å². The second kappa shape index (κ2) is 7.42. The van der Waals surface area contributed by atoms with Crippen LogP contribution in [-0.2, 0) is 9.53 Å². The van der Waals surface area contributed by atoms with Gasteiger partial charge >= 0.3 is 0 Å². The average molecular weight is 256 g/mol. The van der Waals surface area contributed by atoms with Crippen molar-refractivity contribution in [2.24, 2.45) is 11.7 Å². The van der Waals surface area contributed by atoms with Gasteiger partial charge in [-0.3, -0.25) is 4.79 Å². The molecule has 1 aromatic heterocycles. The van der Waals surface area contributed by atoms with Crippen LogP contribution in [0.4, 0.5) is 0 Å². The molecule has 0 aliphatic heterocycles. The first kappa shape index (κ1) is 14.2. The lowest BCUT2D eigenvalue weighted by atomic mass is 10.2. The van der Waals surface area contributed by atoms with E-state index in [1.54, 1.807) is 0 Å². The second-order valence-electron chi connectivity index (χ2n) is 4.25. The molecular weight excluding hydrogens is 236 g/mol. The van der Waals surface area contributed by atoms with E-state index < -0.39 is 6.04 Å². The Morgan fingerprint density at radius 1 is 1.59 bits per heavy atom. The van der Waals surface area contributed by atoms with Crippen LogP contribution in [0.25, 0.3) is 0 Å². The maximum Gasteiger partial charge on any atom is 0.242 e. The normalized spacial score (nSPS) is 12.7. The highest BCUT2D eigenvalue weighted by Gasteiger charge is 2.15. The monoisotopic (exact) mass is 256 g/mol. The first-order valence-electron chi connectivity index (χ1n) is 5.75. The number of nitrogens with one attached hydrogen (secondary N) is 1. The van der Waals surface area contributed by atoms with Crippen LogP contribution in [0, 0.1) is 5.92 Å². The van der Waals surface area contributed by atoms with Crippen molar-refractivity contribution in [3.05, 3.63) is 22.4 Å². The summed E-state index contributed by atoms with van der Waals surface area (Å²) in [5.74, 6) is 0.361. The first-order valence-corrected chi connectivity index (χ1v) is 6.63. The molecule has 1 rings (SSSR count). The summed E-state index contributed by atoms with van der Waals surface area (Å²) in [5, 5.41) is 4.67. The van der Waals surface area contributed by atoms with E-state index in [1.807, 2.05) is 17.5 Å². The molecule has 0 bridgehead atoms. The minimum absolute atomic E-state index is 0.152. The number of hydrogen-bond acceptors (Lipinski definition) is 4. The quantitative estimate of drug-likeness (QED) is 0.727. The molecule has 5 heteroatoms. The lowest BCUT2D eigenvalue weighted by Gasteiger charge is -2.11. The molecule has 0 aliphatic rings. The zero-order chi connectivity index (χ0) is 12.7. The highest BCUT2D eigenvalue weighted by Crippen LogP contribution is 2.16. The molecule has 1 unspecified atom stereocenters. The molecule has 0 spiro atoms. The average Bonchev–Trinajstić information content (AvgIpc) is 2.80. The van der Waals surface area contributed by atoms with Gasteiger partial charge in [-0.15, -0.1) is 11.3 Å². The van der Waals surface area contributed by atoms with Gasteiger partial charge in [-0.05, 0) is 17.4 Å². The molecule has 17 heavy (non-hydrogen) atoms. The highest BCUT2D eigenvalue weighted by atomic mass is 32.1. The van der Waals surface area contributed by atoms with Crippen LogP contribution >= 0.6 is 11.3 Å². The summed E-state index contributed by atoms with van der Waals surface area (Å²) in [6, 6.07) is 3.18. The van der Waals surface area contributed by atoms with Gasteiger partial charge in [0.15, 0.2) is 0 Å². The topological polar surface area (TPSA) is 64.3 Å². The summed E-state index contributed by atoms with van der Waals surface area (Å²) in [6.45, 7) is 5.93. The summed E-state index contributed by atoms with van der Waals surface area (Å²) < 4.78 is 5.36. The molecule has 4 nitrogen and oxygen atoms in total. The van der Waals surface area contributed by atoms with Gasteiger partial charge in [0.25, 0.3) is 0 Å². The number of thiophene rings is 1. The van der Waals surface area contributed by atoms with E-state index >= 15 is 0 Å². The number of rotatable bonds is 7. The molecule has 0 saturated heterocycles. The Kier molecular flexibility index (Phi) is 6.18. The maximum absolute atomic E-state index is 11.7. The van der Waals surface area contributed by atoms with Crippen molar-refractivity contribution < 1.29 is 9.53 Å². The van der Waals surface area contributed by atoms with Crippen LogP contribution in [0.1, 0.15) is 24.8 Å². The fourth-order valence-electron chi connectivity index (χ4n) is 1.27. The summed E-state index contributed by atoms with van der Waals surface area (Å²) in [4.78, 5) is 12.5. The molecule has 1 atom stereocenters. The third-order valence-corrected chi connectivity index (χ3v) is 3.08. The second-order valence-corrected chi connectivity index (χ2v) is 5.23. The van der Waals surface area contributed by atoms with Gasteiger partial charge in [0.05, 0.1) is 6.61 Å².